The Hall–Kier alpha value is -1.36. The second kappa shape index (κ2) is 7.36. The van der Waals surface area contributed by atoms with Crippen molar-refractivity contribution >= 4 is 23.2 Å². The van der Waals surface area contributed by atoms with E-state index in [4.69, 9.17) is 0 Å². The second-order valence-electron chi connectivity index (χ2n) is 11.0. The molecule has 0 spiro atoms. The van der Waals surface area contributed by atoms with E-state index in [0.29, 0.717) is 30.3 Å². The fraction of sp³-hybridized carbons (Fsp3) is 0.760. The molecule has 164 valence electrons. The SMILES string of the molecule is CN1C(=O)CC[C@@]2(C)C1CC[C@@H]1[C@H]2CC[C@]2(C)C(NC(=O)Cc3ccsc3)CC[C@@H]12. The van der Waals surface area contributed by atoms with E-state index in [-0.39, 0.29) is 16.7 Å². The molecule has 30 heavy (non-hydrogen) atoms. The molecule has 1 aromatic rings. The van der Waals surface area contributed by atoms with Gasteiger partial charge in [-0.1, -0.05) is 13.8 Å². The molecule has 5 rings (SSSR count). The van der Waals surface area contributed by atoms with Crippen molar-refractivity contribution in [2.24, 2.45) is 28.6 Å². The molecule has 4 nitrogen and oxygen atoms in total. The number of likely N-dealkylation sites (tertiary alicyclic amines) is 1. The predicted molar refractivity (Wildman–Crippen MR) is 120 cm³/mol. The van der Waals surface area contributed by atoms with Crippen molar-refractivity contribution in [3.8, 4) is 0 Å². The molecule has 0 aromatic carbocycles. The summed E-state index contributed by atoms with van der Waals surface area (Å²) in [5.74, 6) is 2.72. The van der Waals surface area contributed by atoms with Gasteiger partial charge in [0.05, 0.1) is 6.42 Å². The molecule has 7 atom stereocenters. The molecule has 4 aliphatic rings. The Bertz CT molecular complexity index is 823. The lowest BCUT2D eigenvalue weighted by atomic mass is 9.47. The van der Waals surface area contributed by atoms with Gasteiger partial charge in [0.15, 0.2) is 0 Å². The van der Waals surface area contributed by atoms with E-state index >= 15 is 0 Å². The number of hydrogen-bond acceptors (Lipinski definition) is 3. The highest BCUT2D eigenvalue weighted by Crippen LogP contribution is 2.64. The van der Waals surface area contributed by atoms with Gasteiger partial charge in [-0.2, -0.15) is 11.3 Å². The first-order valence-electron chi connectivity index (χ1n) is 11.9. The molecular weight excluding hydrogens is 392 g/mol. The minimum absolute atomic E-state index is 0.186. The van der Waals surface area contributed by atoms with Crippen LogP contribution in [0.15, 0.2) is 16.8 Å². The lowest BCUT2D eigenvalue weighted by molar-refractivity contribution is -0.157. The number of hydrogen-bond donors (Lipinski definition) is 1. The highest BCUT2D eigenvalue weighted by atomic mass is 32.1. The van der Waals surface area contributed by atoms with Crippen LogP contribution in [0.4, 0.5) is 0 Å². The number of fused-ring (bicyclic) bond motifs is 5. The summed E-state index contributed by atoms with van der Waals surface area (Å²) in [4.78, 5) is 27.1. The van der Waals surface area contributed by atoms with Gasteiger partial charge in [-0.15, -0.1) is 0 Å². The van der Waals surface area contributed by atoms with Gasteiger partial charge in [0.25, 0.3) is 0 Å². The Labute approximate surface area is 184 Å². The van der Waals surface area contributed by atoms with Crippen molar-refractivity contribution in [1.29, 1.82) is 0 Å². The van der Waals surface area contributed by atoms with E-state index in [1.165, 1.54) is 25.7 Å². The van der Waals surface area contributed by atoms with Crippen LogP contribution in [0.5, 0.6) is 0 Å². The van der Waals surface area contributed by atoms with Crippen LogP contribution in [0.1, 0.15) is 70.8 Å². The maximum absolute atomic E-state index is 12.7. The molecule has 2 unspecified atom stereocenters. The van der Waals surface area contributed by atoms with E-state index in [1.807, 2.05) is 12.4 Å². The molecule has 5 heteroatoms. The molecule has 3 saturated carbocycles. The first kappa shape index (κ1) is 20.5. The van der Waals surface area contributed by atoms with Crippen molar-refractivity contribution in [1.82, 2.24) is 10.2 Å². The molecule has 2 amide bonds. The number of amides is 2. The average molecular weight is 429 g/mol. The number of rotatable bonds is 3. The van der Waals surface area contributed by atoms with E-state index in [1.54, 1.807) is 11.3 Å². The molecule has 2 heterocycles. The summed E-state index contributed by atoms with van der Waals surface area (Å²) < 4.78 is 0. The lowest BCUT2D eigenvalue weighted by Crippen LogP contribution is -2.62. The van der Waals surface area contributed by atoms with Gasteiger partial charge in [-0.05, 0) is 95.9 Å². The van der Waals surface area contributed by atoms with Gasteiger partial charge in [0.1, 0.15) is 0 Å². The molecule has 3 aliphatic carbocycles. The summed E-state index contributed by atoms with van der Waals surface area (Å²) in [6.45, 7) is 4.94. The zero-order chi connectivity index (χ0) is 21.1. The number of thiophene rings is 1. The van der Waals surface area contributed by atoms with Crippen LogP contribution in [0.3, 0.4) is 0 Å². The molecular formula is C25H36N2O2S. The summed E-state index contributed by atoms with van der Waals surface area (Å²) in [7, 11) is 2.03. The zero-order valence-corrected chi connectivity index (χ0v) is 19.5. The van der Waals surface area contributed by atoms with Crippen molar-refractivity contribution in [3.63, 3.8) is 0 Å². The molecule has 0 bridgehead atoms. The topological polar surface area (TPSA) is 49.4 Å². The van der Waals surface area contributed by atoms with Gasteiger partial charge in [-0.3, -0.25) is 9.59 Å². The first-order valence-corrected chi connectivity index (χ1v) is 12.8. The summed E-state index contributed by atoms with van der Waals surface area (Å²) in [5.41, 5.74) is 1.63. The number of piperidine rings is 1. The second-order valence-corrected chi connectivity index (χ2v) is 11.8. The zero-order valence-electron chi connectivity index (χ0n) is 18.7. The maximum atomic E-state index is 12.7. The maximum Gasteiger partial charge on any atom is 0.224 e. The first-order chi connectivity index (χ1) is 14.3. The van der Waals surface area contributed by atoms with E-state index in [9.17, 15) is 9.59 Å². The van der Waals surface area contributed by atoms with Crippen molar-refractivity contribution < 1.29 is 9.59 Å². The van der Waals surface area contributed by atoms with Crippen LogP contribution in [0.2, 0.25) is 0 Å². The highest BCUT2D eigenvalue weighted by molar-refractivity contribution is 7.08. The molecule has 1 saturated heterocycles. The Balaban J connectivity index is 1.31. The molecule has 0 radical (unpaired) electrons. The van der Waals surface area contributed by atoms with Crippen molar-refractivity contribution in [3.05, 3.63) is 22.4 Å². The van der Waals surface area contributed by atoms with Crippen LogP contribution in [-0.4, -0.2) is 35.8 Å². The molecule has 1 aliphatic heterocycles. The summed E-state index contributed by atoms with van der Waals surface area (Å²) in [5, 5.41) is 7.57. The minimum Gasteiger partial charge on any atom is -0.353 e. The predicted octanol–water partition coefficient (Wildman–Crippen LogP) is 4.64. The van der Waals surface area contributed by atoms with Crippen LogP contribution in [-0.2, 0) is 16.0 Å². The highest BCUT2D eigenvalue weighted by Gasteiger charge is 2.61. The van der Waals surface area contributed by atoms with Gasteiger partial charge in [0, 0.05) is 25.6 Å². The monoisotopic (exact) mass is 428 g/mol. The van der Waals surface area contributed by atoms with Crippen LogP contribution < -0.4 is 5.32 Å². The number of carbonyl (C=O) groups excluding carboxylic acids is 2. The van der Waals surface area contributed by atoms with Crippen molar-refractivity contribution in [2.75, 3.05) is 7.05 Å². The van der Waals surface area contributed by atoms with Crippen LogP contribution in [0.25, 0.3) is 0 Å². The fourth-order valence-electron chi connectivity index (χ4n) is 8.21. The number of nitrogens with one attached hydrogen (secondary N) is 1. The Morgan fingerprint density at radius 1 is 1.13 bits per heavy atom. The van der Waals surface area contributed by atoms with Crippen LogP contribution in [0, 0.1) is 28.6 Å². The normalized spacial score (nSPS) is 43.0. The van der Waals surface area contributed by atoms with Gasteiger partial charge in [0.2, 0.25) is 11.8 Å². The summed E-state index contributed by atoms with van der Waals surface area (Å²) in [6, 6.07) is 2.79. The van der Waals surface area contributed by atoms with E-state index < -0.39 is 0 Å². The third kappa shape index (κ3) is 3.06. The van der Waals surface area contributed by atoms with Gasteiger partial charge >= 0.3 is 0 Å². The average Bonchev–Trinajstić information content (AvgIpc) is 3.33. The number of carbonyl (C=O) groups is 2. The fourth-order valence-corrected chi connectivity index (χ4v) is 8.88. The largest absolute Gasteiger partial charge is 0.353 e. The summed E-state index contributed by atoms with van der Waals surface area (Å²) in [6.07, 6.45) is 9.52. The smallest absolute Gasteiger partial charge is 0.224 e. The van der Waals surface area contributed by atoms with Crippen molar-refractivity contribution in [2.45, 2.75) is 83.7 Å². The molecule has 1 N–H and O–H groups in total. The van der Waals surface area contributed by atoms with E-state index in [0.717, 1.165) is 43.1 Å². The van der Waals surface area contributed by atoms with Gasteiger partial charge in [-0.25, -0.2) is 0 Å². The Kier molecular flexibility index (Phi) is 5.04. The Morgan fingerprint density at radius 3 is 2.70 bits per heavy atom. The minimum atomic E-state index is 0.186. The van der Waals surface area contributed by atoms with Gasteiger partial charge < -0.3 is 10.2 Å². The Morgan fingerprint density at radius 2 is 1.93 bits per heavy atom. The quantitative estimate of drug-likeness (QED) is 0.762. The third-order valence-corrected chi connectivity index (χ3v) is 10.6. The van der Waals surface area contributed by atoms with Crippen LogP contribution >= 0.6 is 11.3 Å². The molecule has 1 aromatic heterocycles. The summed E-state index contributed by atoms with van der Waals surface area (Å²) >= 11 is 1.66. The van der Waals surface area contributed by atoms with E-state index in [2.05, 4.69) is 35.5 Å². The standard InChI is InChI=1S/C25H36N2O2S/c1-24-11-8-19-17(4-7-21-25(19,2)12-9-23(29)27(21)3)18(24)5-6-20(24)26-22(28)14-16-10-13-30-15-16/h10,13,15,17-21H,4-9,11-12,14H2,1-3H3,(H,26,28)/t17-,18-,19+,20?,21?,24-,25+/m0/s1. The number of nitrogens with zero attached hydrogens (tertiary/aromatic N) is 1. The lowest BCUT2D eigenvalue weighted by Gasteiger charge is -2.61. The third-order valence-electron chi connectivity index (χ3n) is 9.84. The molecule has 4 fully saturated rings.